The van der Waals surface area contributed by atoms with E-state index >= 15 is 0 Å². The van der Waals surface area contributed by atoms with Crippen molar-refractivity contribution in [3.63, 3.8) is 0 Å². The summed E-state index contributed by atoms with van der Waals surface area (Å²) in [6, 6.07) is 5.78. The predicted octanol–water partition coefficient (Wildman–Crippen LogP) is 3.17. The highest BCUT2D eigenvalue weighted by Crippen LogP contribution is 2.37. The highest BCUT2D eigenvalue weighted by molar-refractivity contribution is 6.62. The standard InChI is InChI=1S/C21H31BN2O5/c1-19(2,3)27-18(26)23-10-11-24-13-14-8-9-15(12-16(14)17(24)25)22-28-20(4,5)21(6,7)29-22/h8-9,12-13,25H,10-11H2,1-7H3,(H,23,26). The van der Waals surface area contributed by atoms with Crippen molar-refractivity contribution in [2.75, 3.05) is 6.54 Å². The van der Waals surface area contributed by atoms with Gasteiger partial charge in [0.1, 0.15) is 5.60 Å². The lowest BCUT2D eigenvalue weighted by atomic mass is 9.78. The summed E-state index contributed by atoms with van der Waals surface area (Å²) in [5.74, 6) is 0.143. The SMILES string of the molecule is CC(C)(C)OC(=O)NCCn1cc2ccc(B3OC(C)(C)C(C)(C)O3)cc2c1O. The van der Waals surface area contributed by atoms with E-state index in [1.54, 1.807) is 4.57 Å². The van der Waals surface area contributed by atoms with Crippen LogP contribution in [0.5, 0.6) is 5.88 Å². The fraction of sp³-hybridized carbons (Fsp3) is 0.571. The van der Waals surface area contributed by atoms with Crippen LogP contribution in [0.4, 0.5) is 4.79 Å². The Hall–Kier alpha value is -2.19. The van der Waals surface area contributed by atoms with Crippen LogP contribution in [0.2, 0.25) is 0 Å². The summed E-state index contributed by atoms with van der Waals surface area (Å²) in [6.07, 6.45) is 1.38. The van der Waals surface area contributed by atoms with Crippen molar-refractivity contribution >= 4 is 29.4 Å². The number of aromatic nitrogens is 1. The molecule has 0 atom stereocenters. The Morgan fingerprint density at radius 2 is 1.83 bits per heavy atom. The number of hydrogen-bond donors (Lipinski definition) is 2. The average Bonchev–Trinajstić information content (AvgIpc) is 2.99. The Kier molecular flexibility index (Phi) is 5.38. The molecule has 8 heteroatoms. The molecule has 1 fully saturated rings. The maximum Gasteiger partial charge on any atom is 0.494 e. The average molecular weight is 402 g/mol. The van der Waals surface area contributed by atoms with E-state index in [9.17, 15) is 9.90 Å². The zero-order valence-electron chi connectivity index (χ0n) is 18.3. The van der Waals surface area contributed by atoms with Crippen molar-refractivity contribution < 1.29 is 23.9 Å². The van der Waals surface area contributed by atoms with E-state index in [1.807, 2.05) is 72.9 Å². The third-order valence-electron chi connectivity index (χ3n) is 5.43. The summed E-state index contributed by atoms with van der Waals surface area (Å²) in [7, 11) is -0.485. The number of carbonyl (C=O) groups is 1. The summed E-state index contributed by atoms with van der Waals surface area (Å²) in [6.45, 7) is 14.2. The number of nitrogens with zero attached hydrogens (tertiary/aromatic N) is 1. The lowest BCUT2D eigenvalue weighted by Crippen LogP contribution is -2.41. The predicted molar refractivity (Wildman–Crippen MR) is 114 cm³/mol. The number of benzene rings is 1. The molecule has 1 aromatic carbocycles. The number of hydrogen-bond acceptors (Lipinski definition) is 5. The van der Waals surface area contributed by atoms with Gasteiger partial charge in [0.2, 0.25) is 0 Å². The fourth-order valence-corrected chi connectivity index (χ4v) is 3.15. The third kappa shape index (κ3) is 4.54. The van der Waals surface area contributed by atoms with Gasteiger partial charge in [-0.05, 0) is 60.0 Å². The summed E-state index contributed by atoms with van der Waals surface area (Å²) < 4.78 is 19.1. The molecule has 1 aromatic heterocycles. The summed E-state index contributed by atoms with van der Waals surface area (Å²) in [5.41, 5.74) is -0.531. The van der Waals surface area contributed by atoms with Gasteiger partial charge in [0, 0.05) is 30.1 Å². The maximum atomic E-state index is 11.8. The second kappa shape index (κ2) is 7.25. The number of nitrogens with one attached hydrogen (secondary N) is 1. The molecule has 2 N–H and O–H groups in total. The summed E-state index contributed by atoms with van der Waals surface area (Å²) >= 11 is 0. The molecule has 1 saturated heterocycles. The number of amides is 1. The van der Waals surface area contributed by atoms with Crippen molar-refractivity contribution in [2.24, 2.45) is 0 Å². The molecule has 3 rings (SSSR count). The van der Waals surface area contributed by atoms with Gasteiger partial charge in [0.15, 0.2) is 5.88 Å². The first kappa shape index (κ1) is 21.5. The number of rotatable bonds is 4. The molecule has 2 heterocycles. The van der Waals surface area contributed by atoms with Crippen molar-refractivity contribution in [2.45, 2.75) is 71.8 Å². The van der Waals surface area contributed by atoms with Gasteiger partial charge in [-0.3, -0.25) is 0 Å². The van der Waals surface area contributed by atoms with Crippen molar-refractivity contribution in [3.8, 4) is 5.88 Å². The molecular weight excluding hydrogens is 371 g/mol. The van der Waals surface area contributed by atoms with Crippen LogP contribution in [0.25, 0.3) is 10.8 Å². The van der Waals surface area contributed by atoms with Gasteiger partial charge >= 0.3 is 13.2 Å². The molecular formula is C21H31BN2O5. The van der Waals surface area contributed by atoms with Gasteiger partial charge in [0.05, 0.1) is 11.2 Å². The molecule has 0 radical (unpaired) electrons. The highest BCUT2D eigenvalue weighted by atomic mass is 16.7. The van der Waals surface area contributed by atoms with Crippen LogP contribution >= 0.6 is 0 Å². The quantitative estimate of drug-likeness (QED) is 0.768. The van der Waals surface area contributed by atoms with Crippen molar-refractivity contribution in [1.82, 2.24) is 9.88 Å². The van der Waals surface area contributed by atoms with E-state index in [-0.39, 0.29) is 5.88 Å². The van der Waals surface area contributed by atoms with Crippen LogP contribution in [-0.4, -0.2) is 46.2 Å². The fourth-order valence-electron chi connectivity index (χ4n) is 3.15. The van der Waals surface area contributed by atoms with Gasteiger partial charge in [-0.2, -0.15) is 0 Å². The number of carbonyl (C=O) groups excluding carboxylic acids is 1. The lowest BCUT2D eigenvalue weighted by Gasteiger charge is -2.32. The Bertz CT molecular complexity index is 898. The minimum absolute atomic E-state index is 0.143. The topological polar surface area (TPSA) is 82.0 Å². The van der Waals surface area contributed by atoms with E-state index < -0.39 is 30.0 Å². The molecule has 29 heavy (non-hydrogen) atoms. The minimum atomic E-state index is -0.543. The second-order valence-corrected chi connectivity index (χ2v) is 9.51. The molecule has 0 unspecified atom stereocenters. The number of fused-ring (bicyclic) bond motifs is 1. The smallest absolute Gasteiger partial charge is 0.494 e. The van der Waals surface area contributed by atoms with Gasteiger partial charge in [-0.1, -0.05) is 12.1 Å². The van der Waals surface area contributed by atoms with Crippen LogP contribution in [0, 0.1) is 0 Å². The molecule has 1 aliphatic heterocycles. The van der Waals surface area contributed by atoms with E-state index in [0.29, 0.717) is 13.1 Å². The molecule has 2 aromatic rings. The number of alkyl carbamates (subject to hydrolysis) is 1. The highest BCUT2D eigenvalue weighted by Gasteiger charge is 2.51. The molecule has 0 bridgehead atoms. The van der Waals surface area contributed by atoms with Crippen molar-refractivity contribution in [3.05, 3.63) is 24.4 Å². The normalized spacial score (nSPS) is 18.2. The first-order valence-corrected chi connectivity index (χ1v) is 9.93. The first-order valence-electron chi connectivity index (χ1n) is 9.93. The Labute approximate surface area is 172 Å². The van der Waals surface area contributed by atoms with E-state index in [0.717, 1.165) is 16.2 Å². The molecule has 0 aliphatic carbocycles. The van der Waals surface area contributed by atoms with Gasteiger partial charge < -0.3 is 29.0 Å². The summed E-state index contributed by atoms with van der Waals surface area (Å²) in [5, 5.41) is 15.0. The van der Waals surface area contributed by atoms with E-state index in [2.05, 4.69) is 5.32 Å². The molecule has 1 amide bonds. The maximum absolute atomic E-state index is 11.8. The van der Waals surface area contributed by atoms with E-state index in [4.69, 9.17) is 14.0 Å². The molecule has 1 aliphatic rings. The third-order valence-corrected chi connectivity index (χ3v) is 5.43. The molecule has 0 saturated carbocycles. The Morgan fingerprint density at radius 3 is 2.41 bits per heavy atom. The van der Waals surface area contributed by atoms with Gasteiger partial charge in [-0.25, -0.2) is 4.79 Å². The van der Waals surface area contributed by atoms with Crippen LogP contribution in [0.3, 0.4) is 0 Å². The summed E-state index contributed by atoms with van der Waals surface area (Å²) in [4.78, 5) is 11.8. The molecule has 158 valence electrons. The number of aromatic hydroxyl groups is 1. The van der Waals surface area contributed by atoms with Crippen LogP contribution in [-0.2, 0) is 20.6 Å². The lowest BCUT2D eigenvalue weighted by molar-refractivity contribution is 0.00578. The second-order valence-electron chi connectivity index (χ2n) is 9.51. The van der Waals surface area contributed by atoms with Gasteiger partial charge in [0.25, 0.3) is 0 Å². The van der Waals surface area contributed by atoms with Crippen LogP contribution < -0.4 is 10.8 Å². The minimum Gasteiger partial charge on any atom is -0.494 e. The monoisotopic (exact) mass is 402 g/mol. The zero-order valence-corrected chi connectivity index (χ0v) is 18.3. The zero-order chi connectivity index (χ0) is 21.6. The largest absolute Gasteiger partial charge is 0.494 e. The van der Waals surface area contributed by atoms with Crippen LogP contribution in [0.1, 0.15) is 48.5 Å². The van der Waals surface area contributed by atoms with Gasteiger partial charge in [-0.15, -0.1) is 0 Å². The first-order chi connectivity index (χ1) is 13.3. The van der Waals surface area contributed by atoms with Crippen molar-refractivity contribution in [1.29, 1.82) is 0 Å². The molecule has 7 nitrogen and oxygen atoms in total. The van der Waals surface area contributed by atoms with E-state index in [1.165, 1.54) is 0 Å². The Balaban J connectivity index is 1.71. The molecule has 0 spiro atoms. The number of ether oxygens (including phenoxy) is 1. The van der Waals surface area contributed by atoms with Crippen LogP contribution in [0.15, 0.2) is 24.4 Å². The Morgan fingerprint density at radius 1 is 1.21 bits per heavy atom.